The minimum Gasteiger partial charge on any atom is -0.366 e. The molecular weight excluding hydrogens is 301 g/mol. The van der Waals surface area contributed by atoms with Crippen LogP contribution < -0.4 is 5.32 Å². The molecule has 108 valence electrons. The van der Waals surface area contributed by atoms with Crippen LogP contribution in [-0.2, 0) is 6.18 Å². The highest BCUT2D eigenvalue weighted by atomic mass is 32.2. The predicted molar refractivity (Wildman–Crippen MR) is 73.3 cm³/mol. The molecule has 0 aliphatic carbocycles. The molecule has 0 spiro atoms. The molecule has 0 radical (unpaired) electrons. The maximum atomic E-state index is 12.8. The van der Waals surface area contributed by atoms with E-state index in [9.17, 15) is 18.0 Å². The van der Waals surface area contributed by atoms with Gasteiger partial charge in [0.1, 0.15) is 10.4 Å². The van der Waals surface area contributed by atoms with Gasteiger partial charge in [-0.05, 0) is 23.8 Å². The van der Waals surface area contributed by atoms with Gasteiger partial charge in [-0.1, -0.05) is 23.9 Å². The number of aromatic nitrogens is 1. The number of hydrogen-bond acceptors (Lipinski definition) is 4. The highest BCUT2D eigenvalue weighted by molar-refractivity contribution is 8.00. The second-order valence-corrected chi connectivity index (χ2v) is 5.56. The summed E-state index contributed by atoms with van der Waals surface area (Å²) >= 11 is 1.29. The Morgan fingerprint density at radius 2 is 2.10 bits per heavy atom. The molecule has 1 aliphatic heterocycles. The van der Waals surface area contributed by atoms with Crippen LogP contribution in [0.1, 0.15) is 26.9 Å². The minimum atomic E-state index is -4.38. The molecule has 2 heterocycles. The van der Waals surface area contributed by atoms with Crippen LogP contribution in [0.2, 0.25) is 0 Å². The van der Waals surface area contributed by atoms with E-state index >= 15 is 0 Å². The molecule has 1 N–H and O–H groups in total. The lowest BCUT2D eigenvalue weighted by molar-refractivity contribution is -0.137. The average Bonchev–Trinajstić information content (AvgIpc) is 2.90. The van der Waals surface area contributed by atoms with Crippen LogP contribution in [0.4, 0.5) is 18.9 Å². The van der Waals surface area contributed by atoms with Gasteiger partial charge in [0, 0.05) is 11.8 Å². The number of hydrogen-bond donors (Lipinski definition) is 1. The molecule has 1 aromatic heterocycles. The largest absolute Gasteiger partial charge is 0.416 e. The van der Waals surface area contributed by atoms with Gasteiger partial charge >= 0.3 is 6.18 Å². The molecule has 0 saturated carbocycles. The first kappa shape index (κ1) is 13.9. The third-order valence-corrected chi connectivity index (χ3v) is 4.26. The van der Waals surface area contributed by atoms with Crippen molar-refractivity contribution in [1.29, 1.82) is 0 Å². The van der Waals surface area contributed by atoms with E-state index in [1.807, 2.05) is 0 Å². The van der Waals surface area contributed by atoms with Crippen molar-refractivity contribution in [2.45, 2.75) is 16.6 Å². The number of aldehydes is 1. The predicted octanol–water partition coefficient (Wildman–Crippen LogP) is 4.13. The summed E-state index contributed by atoms with van der Waals surface area (Å²) in [4.78, 5) is 15.1. The van der Waals surface area contributed by atoms with Gasteiger partial charge in [-0.2, -0.15) is 13.2 Å². The molecule has 7 heteroatoms. The number of thioether (sulfide) groups is 1. The van der Waals surface area contributed by atoms with E-state index in [1.165, 1.54) is 24.0 Å². The van der Waals surface area contributed by atoms with Crippen molar-refractivity contribution in [2.75, 3.05) is 5.32 Å². The molecule has 0 bridgehead atoms. The lowest BCUT2D eigenvalue weighted by atomic mass is 10.1. The Morgan fingerprint density at radius 1 is 1.29 bits per heavy atom. The Balaban J connectivity index is 1.93. The summed E-state index contributed by atoms with van der Waals surface area (Å²) in [5.74, 6) is 0. The minimum absolute atomic E-state index is 0.393. The van der Waals surface area contributed by atoms with Gasteiger partial charge < -0.3 is 5.32 Å². The van der Waals surface area contributed by atoms with Gasteiger partial charge in [-0.15, -0.1) is 0 Å². The van der Waals surface area contributed by atoms with E-state index in [1.54, 1.807) is 12.1 Å². The number of nitrogens with one attached hydrogen (secondary N) is 1. The van der Waals surface area contributed by atoms with Crippen LogP contribution in [0.25, 0.3) is 0 Å². The molecule has 0 fully saturated rings. The van der Waals surface area contributed by atoms with Crippen LogP contribution >= 0.6 is 11.8 Å². The van der Waals surface area contributed by atoms with Crippen molar-refractivity contribution in [3.05, 3.63) is 53.2 Å². The van der Waals surface area contributed by atoms with Crippen LogP contribution in [-0.4, -0.2) is 11.3 Å². The summed E-state index contributed by atoms with van der Waals surface area (Å²) in [5.41, 5.74) is 0.813. The first-order chi connectivity index (χ1) is 9.99. The first-order valence-electron chi connectivity index (χ1n) is 6.03. The second kappa shape index (κ2) is 5.07. The SMILES string of the molecule is O=Cc1ccnc2c1NC(c1cccc(C(F)(F)F)c1)S2. The van der Waals surface area contributed by atoms with Gasteiger partial charge in [0.05, 0.1) is 11.3 Å². The zero-order valence-electron chi connectivity index (χ0n) is 10.5. The summed E-state index contributed by atoms with van der Waals surface area (Å²) in [6.45, 7) is 0. The fraction of sp³-hybridized carbons (Fsp3) is 0.143. The summed E-state index contributed by atoms with van der Waals surface area (Å²) < 4.78 is 38.3. The zero-order valence-corrected chi connectivity index (χ0v) is 11.3. The quantitative estimate of drug-likeness (QED) is 0.847. The van der Waals surface area contributed by atoms with Gasteiger partial charge in [0.25, 0.3) is 0 Å². The van der Waals surface area contributed by atoms with Crippen molar-refractivity contribution in [3.8, 4) is 0 Å². The molecule has 0 saturated heterocycles. The van der Waals surface area contributed by atoms with Gasteiger partial charge in [0.2, 0.25) is 0 Å². The van der Waals surface area contributed by atoms with E-state index in [2.05, 4.69) is 10.3 Å². The van der Waals surface area contributed by atoms with Crippen molar-refractivity contribution in [2.24, 2.45) is 0 Å². The van der Waals surface area contributed by atoms with Gasteiger partial charge in [0.15, 0.2) is 6.29 Å². The number of carbonyl (C=O) groups excluding carboxylic acids is 1. The molecular formula is C14H9F3N2OS. The summed E-state index contributed by atoms with van der Waals surface area (Å²) in [6, 6.07) is 6.69. The third kappa shape index (κ3) is 2.61. The summed E-state index contributed by atoms with van der Waals surface area (Å²) in [6.07, 6.45) is -2.17. The van der Waals surface area contributed by atoms with Gasteiger partial charge in [-0.3, -0.25) is 4.79 Å². The average molecular weight is 310 g/mol. The highest BCUT2D eigenvalue weighted by Crippen LogP contribution is 2.46. The van der Waals surface area contributed by atoms with E-state index in [-0.39, 0.29) is 0 Å². The number of rotatable bonds is 2. The van der Waals surface area contributed by atoms with Gasteiger partial charge in [-0.25, -0.2) is 4.98 Å². The molecule has 21 heavy (non-hydrogen) atoms. The fourth-order valence-electron chi connectivity index (χ4n) is 2.09. The number of pyridine rings is 1. The summed E-state index contributed by atoms with van der Waals surface area (Å²) in [7, 11) is 0. The van der Waals surface area contributed by atoms with Crippen molar-refractivity contribution in [3.63, 3.8) is 0 Å². The smallest absolute Gasteiger partial charge is 0.366 e. The maximum absolute atomic E-state index is 12.8. The molecule has 1 unspecified atom stereocenters. The molecule has 1 aromatic carbocycles. The lowest BCUT2D eigenvalue weighted by Crippen LogP contribution is -2.08. The topological polar surface area (TPSA) is 42.0 Å². The maximum Gasteiger partial charge on any atom is 0.416 e. The van der Waals surface area contributed by atoms with Crippen LogP contribution in [0.5, 0.6) is 0 Å². The zero-order chi connectivity index (χ0) is 15.0. The molecule has 1 atom stereocenters. The van der Waals surface area contributed by atoms with E-state index in [4.69, 9.17) is 0 Å². The molecule has 0 amide bonds. The molecule has 1 aliphatic rings. The molecule has 2 aromatic rings. The number of anilines is 1. The Bertz CT molecular complexity index is 703. The number of fused-ring (bicyclic) bond motifs is 1. The van der Waals surface area contributed by atoms with Crippen LogP contribution in [0.3, 0.4) is 0 Å². The summed E-state index contributed by atoms with van der Waals surface area (Å²) in [5, 5.41) is 3.27. The van der Waals surface area contributed by atoms with Crippen LogP contribution in [0.15, 0.2) is 41.6 Å². The van der Waals surface area contributed by atoms with E-state index < -0.39 is 17.1 Å². The second-order valence-electron chi connectivity index (χ2n) is 4.46. The Labute approximate surface area is 122 Å². The van der Waals surface area contributed by atoms with E-state index in [0.717, 1.165) is 12.1 Å². The first-order valence-corrected chi connectivity index (χ1v) is 6.91. The number of nitrogens with zero attached hydrogens (tertiary/aromatic N) is 1. The number of halogens is 3. The number of benzene rings is 1. The van der Waals surface area contributed by atoms with Crippen LogP contribution in [0, 0.1) is 0 Å². The number of alkyl halides is 3. The lowest BCUT2D eigenvalue weighted by Gasteiger charge is -2.13. The fourth-order valence-corrected chi connectivity index (χ4v) is 3.19. The normalized spacial score (nSPS) is 17.2. The van der Waals surface area contributed by atoms with Crippen molar-refractivity contribution < 1.29 is 18.0 Å². The third-order valence-electron chi connectivity index (χ3n) is 3.10. The Morgan fingerprint density at radius 3 is 2.81 bits per heavy atom. The van der Waals surface area contributed by atoms with E-state index in [0.29, 0.717) is 28.1 Å². The Kier molecular flexibility index (Phi) is 3.36. The number of carbonyl (C=O) groups is 1. The van der Waals surface area contributed by atoms with Crippen molar-refractivity contribution in [1.82, 2.24) is 4.98 Å². The molecule has 3 rings (SSSR count). The highest BCUT2D eigenvalue weighted by Gasteiger charge is 2.32. The monoisotopic (exact) mass is 310 g/mol. The van der Waals surface area contributed by atoms with Crippen molar-refractivity contribution >= 4 is 23.7 Å². The standard InChI is InChI=1S/C14H9F3N2OS/c15-14(16,17)10-3-1-2-8(6-10)12-19-11-9(7-20)4-5-18-13(11)21-12/h1-7,12,19H. The molecule has 3 nitrogen and oxygen atoms in total. The Hall–Kier alpha value is -2.02.